The van der Waals surface area contributed by atoms with Crippen molar-refractivity contribution in [2.75, 3.05) is 17.2 Å². The summed E-state index contributed by atoms with van der Waals surface area (Å²) in [6.07, 6.45) is 0.352. The van der Waals surface area contributed by atoms with Gasteiger partial charge in [-0.3, -0.25) is 4.79 Å². The summed E-state index contributed by atoms with van der Waals surface area (Å²) in [6.45, 7) is 4.57. The minimum absolute atomic E-state index is 0. The molecule has 4 nitrogen and oxygen atoms in total. The molecule has 23 heavy (non-hydrogen) atoms. The molecule has 2 aromatic carbocycles. The van der Waals surface area contributed by atoms with Gasteiger partial charge in [0.15, 0.2) is 0 Å². The summed E-state index contributed by atoms with van der Waals surface area (Å²) in [5, 5.41) is 0. The number of amides is 1. The fourth-order valence-electron chi connectivity index (χ4n) is 2.69. The first-order chi connectivity index (χ1) is 10.5. The number of carbonyl (C=O) groups is 1. The number of nitrogens with zero attached hydrogens (tertiary/aromatic N) is 1. The third-order valence-electron chi connectivity index (χ3n) is 3.81. The van der Waals surface area contributed by atoms with Crippen molar-refractivity contribution in [1.82, 2.24) is 0 Å². The van der Waals surface area contributed by atoms with E-state index in [0.717, 1.165) is 22.6 Å². The molecule has 122 valence electrons. The smallest absolute Gasteiger partial charge is 0.231 e. The number of nitrogens with two attached hydrogens (primary N) is 1. The average Bonchev–Trinajstić information content (AvgIpc) is 2.48. The van der Waals surface area contributed by atoms with Gasteiger partial charge in [0.1, 0.15) is 11.9 Å². The Morgan fingerprint density at radius 3 is 2.65 bits per heavy atom. The van der Waals surface area contributed by atoms with Crippen LogP contribution >= 0.6 is 12.4 Å². The van der Waals surface area contributed by atoms with E-state index in [1.807, 2.05) is 61.2 Å². The number of hydrogen-bond donors (Lipinski definition) is 1. The maximum Gasteiger partial charge on any atom is 0.231 e. The quantitative estimate of drug-likeness (QED) is 0.858. The third-order valence-corrected chi connectivity index (χ3v) is 3.81. The number of carbonyl (C=O) groups excluding carboxylic acids is 1. The third kappa shape index (κ3) is 3.77. The van der Waals surface area contributed by atoms with Gasteiger partial charge in [-0.05, 0) is 49.2 Å². The first-order valence-corrected chi connectivity index (χ1v) is 7.45. The molecule has 5 heteroatoms. The van der Waals surface area contributed by atoms with Crippen molar-refractivity contribution in [2.24, 2.45) is 0 Å². The van der Waals surface area contributed by atoms with Crippen molar-refractivity contribution in [3.63, 3.8) is 0 Å². The summed E-state index contributed by atoms with van der Waals surface area (Å²) in [4.78, 5) is 14.5. The second-order valence-corrected chi connectivity index (χ2v) is 5.82. The van der Waals surface area contributed by atoms with Gasteiger partial charge in [0.25, 0.3) is 0 Å². The molecule has 1 atom stereocenters. The fraction of sp³-hybridized carbons (Fsp3) is 0.278. The molecule has 3 rings (SSSR count). The molecule has 2 aromatic rings. The van der Waals surface area contributed by atoms with Crippen LogP contribution in [0.1, 0.15) is 18.1 Å². The lowest BCUT2D eigenvalue weighted by atomic mass is 10.1. The Morgan fingerprint density at radius 2 is 1.96 bits per heavy atom. The van der Waals surface area contributed by atoms with E-state index in [1.165, 1.54) is 0 Å². The van der Waals surface area contributed by atoms with Gasteiger partial charge in [-0.15, -0.1) is 12.4 Å². The van der Waals surface area contributed by atoms with Crippen LogP contribution in [-0.2, 0) is 11.2 Å². The molecule has 0 bridgehead atoms. The van der Waals surface area contributed by atoms with Crippen LogP contribution in [0.2, 0.25) is 0 Å². The first-order valence-electron chi connectivity index (χ1n) is 7.45. The van der Waals surface area contributed by atoms with Gasteiger partial charge in [0.05, 0.1) is 18.7 Å². The number of hydrogen-bond acceptors (Lipinski definition) is 3. The second kappa shape index (κ2) is 6.92. The Balaban J connectivity index is 0.00000192. The highest BCUT2D eigenvalue weighted by Crippen LogP contribution is 2.34. The van der Waals surface area contributed by atoms with Gasteiger partial charge in [0.2, 0.25) is 5.91 Å². The van der Waals surface area contributed by atoms with Gasteiger partial charge < -0.3 is 15.4 Å². The minimum Gasteiger partial charge on any atom is -0.487 e. The molecule has 0 spiro atoms. The normalized spacial score (nSPS) is 16.1. The van der Waals surface area contributed by atoms with Crippen LogP contribution in [0.3, 0.4) is 0 Å². The Morgan fingerprint density at radius 1 is 1.26 bits per heavy atom. The number of fused-ring (bicyclic) bond motifs is 1. The lowest BCUT2D eigenvalue weighted by Crippen LogP contribution is -2.43. The van der Waals surface area contributed by atoms with E-state index >= 15 is 0 Å². The summed E-state index contributed by atoms with van der Waals surface area (Å²) < 4.78 is 5.85. The van der Waals surface area contributed by atoms with Crippen LogP contribution < -0.4 is 15.4 Å². The predicted molar refractivity (Wildman–Crippen MR) is 95.4 cm³/mol. The van der Waals surface area contributed by atoms with Crippen molar-refractivity contribution >= 4 is 29.7 Å². The molecule has 0 radical (unpaired) electrons. The first kappa shape index (κ1) is 17.2. The summed E-state index contributed by atoms with van der Waals surface area (Å²) >= 11 is 0. The second-order valence-electron chi connectivity index (χ2n) is 5.82. The van der Waals surface area contributed by atoms with Crippen molar-refractivity contribution in [3.05, 3.63) is 53.6 Å². The minimum atomic E-state index is -0.00957. The number of aryl methyl sites for hydroxylation is 1. The molecule has 1 aliphatic rings. The highest BCUT2D eigenvalue weighted by molar-refractivity contribution is 5.96. The van der Waals surface area contributed by atoms with Crippen molar-refractivity contribution in [3.8, 4) is 5.75 Å². The predicted octanol–water partition coefficient (Wildman–Crippen LogP) is 3.36. The highest BCUT2D eigenvalue weighted by atomic mass is 35.5. The van der Waals surface area contributed by atoms with E-state index in [2.05, 4.69) is 0 Å². The van der Waals surface area contributed by atoms with Crippen LogP contribution in [0, 0.1) is 6.92 Å². The van der Waals surface area contributed by atoms with E-state index in [1.54, 1.807) is 0 Å². The Hall–Kier alpha value is -2.20. The molecule has 1 unspecified atom stereocenters. The fourth-order valence-corrected chi connectivity index (χ4v) is 2.69. The number of ether oxygens (including phenoxy) is 1. The molecule has 2 N–H and O–H groups in total. The molecule has 1 amide bonds. The summed E-state index contributed by atoms with van der Waals surface area (Å²) in [5.74, 6) is 0.856. The van der Waals surface area contributed by atoms with E-state index in [4.69, 9.17) is 10.5 Å². The summed E-state index contributed by atoms with van der Waals surface area (Å²) in [7, 11) is 0. The van der Waals surface area contributed by atoms with E-state index < -0.39 is 0 Å². The van der Waals surface area contributed by atoms with Crippen molar-refractivity contribution < 1.29 is 9.53 Å². The number of nitrogen functional groups attached to an aromatic ring is 1. The number of halogens is 1. The lowest BCUT2D eigenvalue weighted by Gasteiger charge is -2.33. The van der Waals surface area contributed by atoms with Crippen LogP contribution in [0.5, 0.6) is 5.75 Å². The molecule has 0 saturated carbocycles. The zero-order valence-corrected chi connectivity index (χ0v) is 14.1. The molecule has 1 aliphatic heterocycles. The van der Waals surface area contributed by atoms with Gasteiger partial charge in [-0.1, -0.05) is 18.2 Å². The average molecular weight is 333 g/mol. The molecule has 0 fully saturated rings. The highest BCUT2D eigenvalue weighted by Gasteiger charge is 2.27. The SMILES string of the molecule is Cc1ccc2c(c1)OC(C)CN2C(=O)Cc1ccc(N)cc1.Cl. The standard InChI is InChI=1S/C18H20N2O2.ClH/c1-12-3-8-16-17(9-12)22-13(2)11-20(16)18(21)10-14-4-6-15(19)7-5-14;/h3-9,13H,10-11,19H2,1-2H3;1H. The van der Waals surface area contributed by atoms with Gasteiger partial charge in [-0.2, -0.15) is 0 Å². The van der Waals surface area contributed by atoms with E-state index in [-0.39, 0.29) is 24.4 Å². The van der Waals surface area contributed by atoms with Crippen molar-refractivity contribution in [2.45, 2.75) is 26.4 Å². The maximum atomic E-state index is 12.7. The maximum absolute atomic E-state index is 12.7. The van der Waals surface area contributed by atoms with E-state index in [9.17, 15) is 4.79 Å². The largest absolute Gasteiger partial charge is 0.487 e. The van der Waals surface area contributed by atoms with Gasteiger partial charge >= 0.3 is 0 Å². The topological polar surface area (TPSA) is 55.6 Å². The zero-order valence-electron chi connectivity index (χ0n) is 13.3. The van der Waals surface area contributed by atoms with Crippen LogP contribution in [0.4, 0.5) is 11.4 Å². The zero-order chi connectivity index (χ0) is 15.7. The molecular formula is C18H21ClN2O2. The molecule has 0 aromatic heterocycles. The Kier molecular flexibility index (Phi) is 5.16. The Bertz CT molecular complexity index is 701. The van der Waals surface area contributed by atoms with Crippen LogP contribution in [0.25, 0.3) is 0 Å². The van der Waals surface area contributed by atoms with Gasteiger partial charge in [0, 0.05) is 5.69 Å². The Labute approximate surface area is 142 Å². The summed E-state index contributed by atoms with van der Waals surface area (Å²) in [6, 6.07) is 13.4. The van der Waals surface area contributed by atoms with Crippen LogP contribution in [0.15, 0.2) is 42.5 Å². The molecular weight excluding hydrogens is 312 g/mol. The van der Waals surface area contributed by atoms with E-state index in [0.29, 0.717) is 18.7 Å². The van der Waals surface area contributed by atoms with Crippen LogP contribution in [-0.4, -0.2) is 18.6 Å². The van der Waals surface area contributed by atoms with Crippen molar-refractivity contribution in [1.29, 1.82) is 0 Å². The van der Waals surface area contributed by atoms with Gasteiger partial charge in [-0.25, -0.2) is 0 Å². The lowest BCUT2D eigenvalue weighted by molar-refractivity contribution is -0.118. The number of anilines is 2. The molecule has 1 heterocycles. The number of rotatable bonds is 2. The molecule has 0 saturated heterocycles. The number of benzene rings is 2. The molecule has 0 aliphatic carbocycles. The summed E-state index contributed by atoms with van der Waals surface area (Å²) in [5.41, 5.74) is 9.33. The monoisotopic (exact) mass is 332 g/mol.